The number of hydrogen-bond acceptors (Lipinski definition) is 5. The molecular formula is C9H14BrN3O3. The smallest absolute Gasteiger partial charge is 0.267 e. The van der Waals surface area contributed by atoms with Gasteiger partial charge in [-0.25, -0.2) is 4.98 Å². The molecule has 0 radical (unpaired) electrons. The molecule has 0 aliphatic rings. The maximum Gasteiger partial charge on any atom is 0.267 e. The van der Waals surface area contributed by atoms with E-state index in [9.17, 15) is 4.79 Å². The van der Waals surface area contributed by atoms with Crippen LogP contribution in [0.1, 0.15) is 6.42 Å². The van der Waals surface area contributed by atoms with Crippen molar-refractivity contribution in [3.05, 3.63) is 21.2 Å². The quantitative estimate of drug-likeness (QED) is 0.631. The van der Waals surface area contributed by atoms with E-state index in [0.717, 1.165) is 6.42 Å². The number of aliphatic hydroxyl groups is 1. The Morgan fingerprint density at radius 1 is 1.56 bits per heavy atom. The molecule has 90 valence electrons. The summed E-state index contributed by atoms with van der Waals surface area (Å²) in [5, 5.41) is 11.5. The molecule has 0 amide bonds. The summed E-state index contributed by atoms with van der Waals surface area (Å²) >= 11 is 3.14. The summed E-state index contributed by atoms with van der Waals surface area (Å²) in [6.07, 6.45) is 2.12. The molecule has 7 heteroatoms. The largest absolute Gasteiger partial charge is 0.394 e. The first-order chi connectivity index (χ1) is 7.75. The standard InChI is InChI=1S/C9H14BrN3O3/c10-7-8(12-6-13-9(7)15)11-2-1-4-16-5-3-14/h6,14H,1-5H2,(H2,11,12,13,15). The molecule has 0 spiro atoms. The Kier molecular flexibility index (Phi) is 6.05. The lowest BCUT2D eigenvalue weighted by Crippen LogP contribution is -2.14. The van der Waals surface area contributed by atoms with E-state index in [0.29, 0.717) is 30.0 Å². The third kappa shape index (κ3) is 4.30. The van der Waals surface area contributed by atoms with Gasteiger partial charge in [-0.1, -0.05) is 0 Å². The van der Waals surface area contributed by atoms with E-state index < -0.39 is 0 Å². The van der Waals surface area contributed by atoms with Gasteiger partial charge in [-0.2, -0.15) is 0 Å². The lowest BCUT2D eigenvalue weighted by Gasteiger charge is -2.06. The van der Waals surface area contributed by atoms with Crippen molar-refractivity contribution in [2.75, 3.05) is 31.7 Å². The van der Waals surface area contributed by atoms with E-state index >= 15 is 0 Å². The molecule has 1 rings (SSSR count). The highest BCUT2D eigenvalue weighted by Crippen LogP contribution is 2.12. The van der Waals surface area contributed by atoms with Crippen LogP contribution in [0.3, 0.4) is 0 Å². The van der Waals surface area contributed by atoms with Gasteiger partial charge in [0.2, 0.25) is 0 Å². The predicted octanol–water partition coefficient (Wildman–Crippen LogP) is 0.343. The topological polar surface area (TPSA) is 87.2 Å². The maximum absolute atomic E-state index is 11.2. The van der Waals surface area contributed by atoms with Gasteiger partial charge in [0.25, 0.3) is 5.56 Å². The molecule has 0 fully saturated rings. The monoisotopic (exact) mass is 291 g/mol. The molecule has 1 aromatic heterocycles. The third-order valence-electron chi connectivity index (χ3n) is 1.79. The first-order valence-electron chi connectivity index (χ1n) is 4.91. The van der Waals surface area contributed by atoms with Crippen LogP contribution in [0.4, 0.5) is 5.82 Å². The van der Waals surface area contributed by atoms with Crippen molar-refractivity contribution in [3.63, 3.8) is 0 Å². The Hall–Kier alpha value is -0.920. The molecule has 16 heavy (non-hydrogen) atoms. The molecule has 0 saturated carbocycles. The Bertz CT molecular complexity index is 369. The molecule has 3 N–H and O–H groups in total. The van der Waals surface area contributed by atoms with Gasteiger partial charge in [0.15, 0.2) is 0 Å². The van der Waals surface area contributed by atoms with Gasteiger partial charge in [0, 0.05) is 13.2 Å². The van der Waals surface area contributed by atoms with Crippen LogP contribution in [0.15, 0.2) is 15.6 Å². The summed E-state index contributed by atoms with van der Waals surface area (Å²) in [7, 11) is 0. The van der Waals surface area contributed by atoms with Crippen LogP contribution < -0.4 is 10.9 Å². The highest BCUT2D eigenvalue weighted by Gasteiger charge is 2.03. The number of anilines is 1. The Morgan fingerprint density at radius 3 is 3.12 bits per heavy atom. The van der Waals surface area contributed by atoms with E-state index in [1.807, 2.05) is 0 Å². The highest BCUT2D eigenvalue weighted by atomic mass is 79.9. The Morgan fingerprint density at radius 2 is 2.38 bits per heavy atom. The summed E-state index contributed by atoms with van der Waals surface area (Å²) in [5.41, 5.74) is -0.214. The van der Waals surface area contributed by atoms with Crippen molar-refractivity contribution in [2.45, 2.75) is 6.42 Å². The minimum Gasteiger partial charge on any atom is -0.394 e. The highest BCUT2D eigenvalue weighted by molar-refractivity contribution is 9.10. The lowest BCUT2D eigenvalue weighted by atomic mass is 10.4. The molecule has 0 aliphatic carbocycles. The minimum absolute atomic E-state index is 0.0363. The Labute approximate surface area is 101 Å². The van der Waals surface area contributed by atoms with E-state index in [2.05, 4.69) is 31.2 Å². The number of aromatic nitrogens is 2. The summed E-state index contributed by atoms with van der Waals surface area (Å²) in [6.45, 7) is 1.61. The molecule has 1 aromatic rings. The molecule has 0 atom stereocenters. The van der Waals surface area contributed by atoms with Gasteiger partial charge >= 0.3 is 0 Å². The fourth-order valence-electron chi connectivity index (χ4n) is 1.05. The van der Waals surface area contributed by atoms with E-state index in [4.69, 9.17) is 9.84 Å². The molecule has 0 saturated heterocycles. The van der Waals surface area contributed by atoms with Gasteiger partial charge in [-0.05, 0) is 22.4 Å². The second kappa shape index (κ2) is 7.37. The SMILES string of the molecule is O=c1[nH]cnc(NCCCOCCO)c1Br. The predicted molar refractivity (Wildman–Crippen MR) is 63.6 cm³/mol. The second-order valence-corrected chi connectivity index (χ2v) is 3.80. The summed E-state index contributed by atoms with van der Waals surface area (Å²) in [5.74, 6) is 0.519. The van der Waals surface area contributed by atoms with Crippen LogP contribution in [0, 0.1) is 0 Å². The number of H-pyrrole nitrogens is 1. The number of aliphatic hydroxyl groups excluding tert-OH is 1. The van der Waals surface area contributed by atoms with Crippen LogP contribution in [-0.2, 0) is 4.74 Å². The first-order valence-corrected chi connectivity index (χ1v) is 5.70. The van der Waals surface area contributed by atoms with Crippen molar-refractivity contribution >= 4 is 21.7 Å². The minimum atomic E-state index is -0.214. The fourth-order valence-corrected chi connectivity index (χ4v) is 1.41. The molecular weight excluding hydrogens is 278 g/mol. The van der Waals surface area contributed by atoms with Gasteiger partial charge in [0.1, 0.15) is 10.3 Å². The first kappa shape index (κ1) is 13.1. The van der Waals surface area contributed by atoms with Crippen LogP contribution in [0.5, 0.6) is 0 Å². The van der Waals surface area contributed by atoms with E-state index in [1.54, 1.807) is 0 Å². The average Bonchev–Trinajstić information content (AvgIpc) is 2.29. The normalized spacial score (nSPS) is 10.4. The zero-order valence-corrected chi connectivity index (χ0v) is 10.3. The third-order valence-corrected chi connectivity index (χ3v) is 2.53. The van der Waals surface area contributed by atoms with Crippen LogP contribution >= 0.6 is 15.9 Å². The number of nitrogens with zero attached hydrogens (tertiary/aromatic N) is 1. The van der Waals surface area contributed by atoms with Gasteiger partial charge < -0.3 is 20.1 Å². The van der Waals surface area contributed by atoms with Gasteiger partial charge in [-0.3, -0.25) is 4.79 Å². The number of ether oxygens (including phenoxy) is 1. The molecule has 0 unspecified atom stereocenters. The second-order valence-electron chi connectivity index (χ2n) is 3.01. The van der Waals surface area contributed by atoms with E-state index in [1.165, 1.54) is 6.33 Å². The average molecular weight is 292 g/mol. The van der Waals surface area contributed by atoms with Gasteiger partial charge in [-0.15, -0.1) is 0 Å². The number of rotatable bonds is 7. The molecule has 0 aromatic carbocycles. The Balaban J connectivity index is 2.27. The summed E-state index contributed by atoms with van der Waals surface area (Å²) in [4.78, 5) is 17.6. The van der Waals surface area contributed by atoms with Crippen LogP contribution in [-0.4, -0.2) is 41.4 Å². The number of aromatic amines is 1. The maximum atomic E-state index is 11.2. The molecule has 6 nitrogen and oxygen atoms in total. The van der Waals surface area contributed by atoms with Gasteiger partial charge in [0.05, 0.1) is 19.5 Å². The van der Waals surface area contributed by atoms with Crippen molar-refractivity contribution in [3.8, 4) is 0 Å². The van der Waals surface area contributed by atoms with Crippen LogP contribution in [0.25, 0.3) is 0 Å². The number of hydrogen-bond donors (Lipinski definition) is 3. The van der Waals surface area contributed by atoms with Crippen molar-refractivity contribution in [2.24, 2.45) is 0 Å². The lowest BCUT2D eigenvalue weighted by molar-refractivity contribution is 0.0922. The van der Waals surface area contributed by atoms with Crippen molar-refractivity contribution < 1.29 is 9.84 Å². The van der Waals surface area contributed by atoms with Crippen molar-refractivity contribution in [1.82, 2.24) is 9.97 Å². The molecule has 0 aliphatic heterocycles. The molecule has 0 bridgehead atoms. The zero-order chi connectivity index (χ0) is 11.8. The van der Waals surface area contributed by atoms with E-state index in [-0.39, 0.29) is 12.2 Å². The zero-order valence-electron chi connectivity index (χ0n) is 8.70. The van der Waals surface area contributed by atoms with Crippen LogP contribution in [0.2, 0.25) is 0 Å². The number of nitrogens with one attached hydrogen (secondary N) is 2. The van der Waals surface area contributed by atoms with Crippen molar-refractivity contribution in [1.29, 1.82) is 0 Å². The number of halogens is 1. The summed E-state index contributed by atoms with van der Waals surface area (Å²) in [6, 6.07) is 0. The molecule has 1 heterocycles. The fraction of sp³-hybridized carbons (Fsp3) is 0.556. The summed E-state index contributed by atoms with van der Waals surface area (Å²) < 4.78 is 5.48.